The van der Waals surface area contributed by atoms with Crippen LogP contribution < -0.4 is 9.62 Å². The van der Waals surface area contributed by atoms with Gasteiger partial charge in [0.05, 0.1) is 16.9 Å². The predicted octanol–water partition coefficient (Wildman–Crippen LogP) is 2.58. The van der Waals surface area contributed by atoms with E-state index in [1.165, 1.54) is 23.8 Å². The van der Waals surface area contributed by atoms with Gasteiger partial charge < -0.3 is 5.32 Å². The van der Waals surface area contributed by atoms with Gasteiger partial charge in [-0.2, -0.15) is 0 Å². The van der Waals surface area contributed by atoms with Gasteiger partial charge in [-0.15, -0.1) is 11.8 Å². The Balaban J connectivity index is 1.95. The molecule has 1 amide bonds. The van der Waals surface area contributed by atoms with Crippen LogP contribution in [0.3, 0.4) is 0 Å². The number of benzene rings is 2. The van der Waals surface area contributed by atoms with Crippen molar-refractivity contribution in [1.82, 2.24) is 5.32 Å². The first-order valence-corrected chi connectivity index (χ1v) is 11.2. The largest absolute Gasteiger partial charge is 0.354 e. The molecule has 2 rings (SSSR count). The molecule has 0 aliphatic heterocycles. The Kier molecular flexibility index (Phi) is 7.41. The van der Waals surface area contributed by atoms with E-state index in [4.69, 9.17) is 0 Å². The molecule has 150 valence electrons. The second kappa shape index (κ2) is 9.56. The number of thioether (sulfide) groups is 1. The molecular weight excluding hydrogens is 402 g/mol. The number of carbonyl (C=O) groups excluding carboxylic acids is 1. The van der Waals surface area contributed by atoms with Crippen molar-refractivity contribution in [2.45, 2.75) is 11.8 Å². The molecule has 0 saturated carbocycles. The van der Waals surface area contributed by atoms with Crippen molar-refractivity contribution in [2.24, 2.45) is 0 Å². The Hall–Kier alpha value is -2.59. The smallest absolute Gasteiger partial charge is 0.271 e. The lowest BCUT2D eigenvalue weighted by Crippen LogP contribution is -2.41. The molecule has 28 heavy (non-hydrogen) atoms. The first-order chi connectivity index (χ1) is 13.2. The van der Waals surface area contributed by atoms with Gasteiger partial charge in [0.2, 0.25) is 15.9 Å². The van der Waals surface area contributed by atoms with Gasteiger partial charge in [-0.3, -0.25) is 19.2 Å². The highest BCUT2D eigenvalue weighted by molar-refractivity contribution is 7.99. The number of nitro groups is 1. The molecule has 8 nitrogen and oxygen atoms in total. The molecule has 0 saturated heterocycles. The molecule has 2 aromatic carbocycles. The number of nitrogens with zero attached hydrogens (tertiary/aromatic N) is 2. The average molecular weight is 424 g/mol. The summed E-state index contributed by atoms with van der Waals surface area (Å²) in [6.07, 6.45) is 0.951. The summed E-state index contributed by atoms with van der Waals surface area (Å²) >= 11 is 1.58. The van der Waals surface area contributed by atoms with E-state index in [-0.39, 0.29) is 11.4 Å². The summed E-state index contributed by atoms with van der Waals surface area (Å²) in [5.74, 6) is 0.145. The normalized spacial score (nSPS) is 11.1. The Morgan fingerprint density at radius 1 is 1.21 bits per heavy atom. The number of aryl methyl sites for hydroxylation is 1. The maximum absolute atomic E-state index is 12.2. The first kappa shape index (κ1) is 21.7. The van der Waals surface area contributed by atoms with Crippen LogP contribution in [0.5, 0.6) is 0 Å². The number of amides is 1. The van der Waals surface area contributed by atoms with Crippen molar-refractivity contribution in [3.63, 3.8) is 0 Å². The molecule has 0 aliphatic rings. The lowest BCUT2D eigenvalue weighted by Gasteiger charge is -2.21. The molecule has 0 heterocycles. The number of nitrogens with one attached hydrogen (secondary N) is 1. The molecule has 0 aliphatic carbocycles. The maximum atomic E-state index is 12.2. The third kappa shape index (κ3) is 6.54. The van der Waals surface area contributed by atoms with Gasteiger partial charge in [0.25, 0.3) is 5.69 Å². The van der Waals surface area contributed by atoms with Crippen LogP contribution in [0.4, 0.5) is 11.4 Å². The van der Waals surface area contributed by atoms with E-state index in [2.05, 4.69) is 5.32 Å². The van der Waals surface area contributed by atoms with Crippen LogP contribution >= 0.6 is 11.8 Å². The van der Waals surface area contributed by atoms with Gasteiger partial charge in [-0.1, -0.05) is 23.8 Å². The Bertz CT molecular complexity index is 946. The quantitative estimate of drug-likeness (QED) is 0.287. The zero-order valence-electron chi connectivity index (χ0n) is 15.5. The molecule has 1 N–H and O–H groups in total. The fraction of sp³-hybridized carbons (Fsp3) is 0.278. The zero-order chi connectivity index (χ0) is 20.7. The zero-order valence-corrected chi connectivity index (χ0v) is 17.1. The summed E-state index contributed by atoms with van der Waals surface area (Å²) in [4.78, 5) is 23.6. The number of sulfonamides is 1. The number of non-ortho nitro benzene ring substituents is 1. The van der Waals surface area contributed by atoms with Crippen LogP contribution in [0.1, 0.15) is 5.56 Å². The number of anilines is 1. The highest BCUT2D eigenvalue weighted by Gasteiger charge is 2.22. The summed E-state index contributed by atoms with van der Waals surface area (Å²) in [6, 6.07) is 13.2. The predicted molar refractivity (Wildman–Crippen MR) is 110 cm³/mol. The molecule has 0 fully saturated rings. The van der Waals surface area contributed by atoms with E-state index in [0.717, 1.165) is 21.5 Å². The summed E-state index contributed by atoms with van der Waals surface area (Å²) in [5, 5.41) is 13.6. The van der Waals surface area contributed by atoms with E-state index in [1.54, 1.807) is 11.8 Å². The fourth-order valence-electron chi connectivity index (χ4n) is 2.34. The van der Waals surface area contributed by atoms with E-state index < -0.39 is 27.4 Å². The summed E-state index contributed by atoms with van der Waals surface area (Å²) in [5.41, 5.74) is 0.988. The number of nitro benzene ring substituents is 1. The molecule has 0 aromatic heterocycles. The van der Waals surface area contributed by atoms with E-state index >= 15 is 0 Å². The second-order valence-corrected chi connectivity index (χ2v) is 9.13. The molecular formula is C18H21N3O5S2. The van der Waals surface area contributed by atoms with Crippen molar-refractivity contribution in [2.75, 3.05) is 29.4 Å². The highest BCUT2D eigenvalue weighted by atomic mass is 32.2. The SMILES string of the molecule is Cc1ccc(SCCNC(=O)CN(c2cccc([N+](=O)[O-])c2)S(C)(=O)=O)cc1. The van der Waals surface area contributed by atoms with E-state index in [1.807, 2.05) is 31.2 Å². The van der Waals surface area contributed by atoms with Crippen LogP contribution in [0.2, 0.25) is 0 Å². The Morgan fingerprint density at radius 2 is 1.89 bits per heavy atom. The Labute approximate surface area is 168 Å². The third-order valence-corrected chi connectivity index (χ3v) is 5.88. The van der Waals surface area contributed by atoms with Gasteiger partial charge in [0.15, 0.2) is 0 Å². The minimum Gasteiger partial charge on any atom is -0.354 e. The molecule has 0 unspecified atom stereocenters. The van der Waals surface area contributed by atoms with Crippen molar-refractivity contribution >= 4 is 39.1 Å². The molecule has 0 atom stereocenters. The van der Waals surface area contributed by atoms with Gasteiger partial charge in [-0.05, 0) is 25.1 Å². The molecule has 10 heteroatoms. The van der Waals surface area contributed by atoms with Crippen LogP contribution in [0, 0.1) is 17.0 Å². The standard InChI is InChI=1S/C18H21N3O5S2/c1-14-6-8-17(9-7-14)27-11-10-19-18(22)13-20(28(2,25)26)15-4-3-5-16(12-15)21(23)24/h3-9,12H,10-11,13H2,1-2H3,(H,19,22). The van der Waals surface area contributed by atoms with Crippen molar-refractivity contribution in [3.05, 3.63) is 64.2 Å². The van der Waals surface area contributed by atoms with Crippen LogP contribution in [0.25, 0.3) is 0 Å². The van der Waals surface area contributed by atoms with Gasteiger partial charge in [0.1, 0.15) is 6.54 Å². The van der Waals surface area contributed by atoms with Gasteiger partial charge in [-0.25, -0.2) is 8.42 Å². The second-order valence-electron chi connectivity index (χ2n) is 6.06. The van der Waals surface area contributed by atoms with E-state index in [9.17, 15) is 23.3 Å². The number of hydrogen-bond donors (Lipinski definition) is 1. The summed E-state index contributed by atoms with van der Waals surface area (Å²) < 4.78 is 25.0. The first-order valence-electron chi connectivity index (χ1n) is 8.35. The molecule has 0 bridgehead atoms. The molecule has 2 aromatic rings. The average Bonchev–Trinajstić information content (AvgIpc) is 2.64. The van der Waals surface area contributed by atoms with E-state index in [0.29, 0.717) is 12.3 Å². The lowest BCUT2D eigenvalue weighted by atomic mass is 10.2. The van der Waals surface area contributed by atoms with Crippen LogP contribution in [-0.4, -0.2) is 44.3 Å². The minimum absolute atomic E-state index is 0.0703. The number of hydrogen-bond acceptors (Lipinski definition) is 6. The topological polar surface area (TPSA) is 110 Å². The number of carbonyl (C=O) groups is 1. The molecule has 0 radical (unpaired) electrons. The third-order valence-electron chi connectivity index (χ3n) is 3.73. The van der Waals surface area contributed by atoms with Crippen molar-refractivity contribution < 1.29 is 18.1 Å². The summed E-state index contributed by atoms with van der Waals surface area (Å²) in [6.45, 7) is 1.92. The van der Waals surface area contributed by atoms with Crippen LogP contribution in [-0.2, 0) is 14.8 Å². The molecule has 0 spiro atoms. The minimum atomic E-state index is -3.79. The highest BCUT2D eigenvalue weighted by Crippen LogP contribution is 2.23. The monoisotopic (exact) mass is 423 g/mol. The van der Waals surface area contributed by atoms with Crippen molar-refractivity contribution in [1.29, 1.82) is 0 Å². The van der Waals surface area contributed by atoms with Gasteiger partial charge in [0, 0.05) is 29.3 Å². The van der Waals surface area contributed by atoms with Gasteiger partial charge >= 0.3 is 0 Å². The lowest BCUT2D eigenvalue weighted by molar-refractivity contribution is -0.384. The Morgan fingerprint density at radius 3 is 2.50 bits per heavy atom. The summed E-state index contributed by atoms with van der Waals surface area (Å²) in [7, 11) is -3.79. The fourth-order valence-corrected chi connectivity index (χ4v) is 3.96. The van der Waals surface area contributed by atoms with Crippen LogP contribution in [0.15, 0.2) is 53.4 Å². The maximum Gasteiger partial charge on any atom is 0.271 e. The number of rotatable bonds is 9. The van der Waals surface area contributed by atoms with Crippen molar-refractivity contribution in [3.8, 4) is 0 Å².